The predicted molar refractivity (Wildman–Crippen MR) is 71.9 cm³/mol. The third kappa shape index (κ3) is 4.61. The number of carbonyl (C=O) groups excluding carboxylic acids is 1. The largest absolute Gasteiger partial charge is 0.369 e. The van der Waals surface area contributed by atoms with Crippen molar-refractivity contribution in [3.63, 3.8) is 0 Å². The second-order valence-corrected chi connectivity index (χ2v) is 5.00. The molecule has 4 nitrogen and oxygen atoms in total. The first kappa shape index (κ1) is 14.0. The van der Waals surface area contributed by atoms with Crippen LogP contribution in [0.1, 0.15) is 12.0 Å². The lowest BCUT2D eigenvalue weighted by molar-refractivity contribution is -0.119. The lowest BCUT2D eigenvalue weighted by Gasteiger charge is -2.21. The number of rotatable bonds is 4. The third-order valence-electron chi connectivity index (χ3n) is 3.38. The van der Waals surface area contributed by atoms with Gasteiger partial charge in [0, 0.05) is 19.6 Å². The number of primary amides is 1. The number of benzene rings is 1. The summed E-state index contributed by atoms with van der Waals surface area (Å²) in [5.41, 5.74) is 6.33. The van der Waals surface area contributed by atoms with E-state index in [9.17, 15) is 9.18 Å². The molecule has 0 bridgehead atoms. The molecular formula is C14H20FN3O. The monoisotopic (exact) mass is 265 g/mol. The second-order valence-electron chi connectivity index (χ2n) is 5.00. The molecule has 1 fully saturated rings. The molecule has 0 spiro atoms. The van der Waals surface area contributed by atoms with Crippen molar-refractivity contribution < 1.29 is 9.18 Å². The van der Waals surface area contributed by atoms with Gasteiger partial charge in [-0.3, -0.25) is 14.6 Å². The van der Waals surface area contributed by atoms with Crippen molar-refractivity contribution in [1.29, 1.82) is 0 Å². The fraction of sp³-hybridized carbons (Fsp3) is 0.500. The minimum atomic E-state index is -0.271. The summed E-state index contributed by atoms with van der Waals surface area (Å²) in [6, 6.07) is 6.63. The Kier molecular flexibility index (Phi) is 4.87. The highest BCUT2D eigenvalue weighted by Crippen LogP contribution is 2.09. The molecule has 104 valence electrons. The van der Waals surface area contributed by atoms with Crippen molar-refractivity contribution in [2.75, 3.05) is 32.7 Å². The Balaban J connectivity index is 1.85. The van der Waals surface area contributed by atoms with Gasteiger partial charge >= 0.3 is 0 Å². The number of nitrogens with two attached hydrogens (primary N) is 1. The molecule has 2 rings (SSSR count). The fourth-order valence-corrected chi connectivity index (χ4v) is 2.41. The molecule has 1 saturated heterocycles. The van der Waals surface area contributed by atoms with Gasteiger partial charge in [-0.2, -0.15) is 0 Å². The first-order chi connectivity index (χ1) is 9.13. The summed E-state index contributed by atoms with van der Waals surface area (Å²) in [6.45, 7) is 4.82. The van der Waals surface area contributed by atoms with Crippen LogP contribution in [0.25, 0.3) is 0 Å². The summed E-state index contributed by atoms with van der Waals surface area (Å²) in [5.74, 6) is -0.473. The van der Waals surface area contributed by atoms with E-state index >= 15 is 0 Å². The zero-order valence-corrected chi connectivity index (χ0v) is 11.0. The topological polar surface area (TPSA) is 49.6 Å². The summed E-state index contributed by atoms with van der Waals surface area (Å²) in [7, 11) is 0. The third-order valence-corrected chi connectivity index (χ3v) is 3.38. The molecule has 1 aliphatic heterocycles. The molecule has 0 aromatic heterocycles. The summed E-state index contributed by atoms with van der Waals surface area (Å²) in [6.07, 6.45) is 1.02. The molecule has 2 N–H and O–H groups in total. The zero-order chi connectivity index (χ0) is 13.7. The van der Waals surface area contributed by atoms with Gasteiger partial charge in [0.25, 0.3) is 0 Å². The maximum absolute atomic E-state index is 12.8. The number of hydrogen-bond acceptors (Lipinski definition) is 3. The van der Waals surface area contributed by atoms with Crippen molar-refractivity contribution in [2.45, 2.75) is 13.0 Å². The van der Waals surface area contributed by atoms with Gasteiger partial charge in [0.1, 0.15) is 5.82 Å². The Morgan fingerprint density at radius 2 is 1.74 bits per heavy atom. The van der Waals surface area contributed by atoms with Crippen LogP contribution in [0.3, 0.4) is 0 Å². The van der Waals surface area contributed by atoms with Crippen LogP contribution < -0.4 is 5.73 Å². The molecule has 5 heteroatoms. The van der Waals surface area contributed by atoms with E-state index in [4.69, 9.17) is 5.73 Å². The lowest BCUT2D eigenvalue weighted by atomic mass is 10.2. The van der Waals surface area contributed by atoms with E-state index in [0.29, 0.717) is 6.54 Å². The van der Waals surface area contributed by atoms with E-state index in [0.717, 1.165) is 44.7 Å². The Bertz CT molecular complexity index is 421. The molecule has 0 saturated carbocycles. The standard InChI is InChI=1S/C14H20FN3O/c15-13-4-2-12(3-5-13)10-17-6-1-7-18(9-8-17)11-14(16)19/h2-5H,1,6-11H2,(H2,16,19). The molecule has 19 heavy (non-hydrogen) atoms. The van der Waals surface area contributed by atoms with Crippen molar-refractivity contribution in [3.8, 4) is 0 Å². The first-order valence-electron chi connectivity index (χ1n) is 6.61. The van der Waals surface area contributed by atoms with Crippen molar-refractivity contribution in [2.24, 2.45) is 5.73 Å². The second kappa shape index (κ2) is 6.63. The molecule has 0 atom stereocenters. The SMILES string of the molecule is NC(=O)CN1CCCN(Cc2ccc(F)cc2)CC1. The van der Waals surface area contributed by atoms with Crippen LogP contribution in [0.2, 0.25) is 0 Å². The van der Waals surface area contributed by atoms with Crippen molar-refractivity contribution in [1.82, 2.24) is 9.80 Å². The smallest absolute Gasteiger partial charge is 0.231 e. The van der Waals surface area contributed by atoms with E-state index in [1.807, 2.05) is 12.1 Å². The van der Waals surface area contributed by atoms with Gasteiger partial charge in [-0.1, -0.05) is 12.1 Å². The van der Waals surface area contributed by atoms with Crippen molar-refractivity contribution in [3.05, 3.63) is 35.6 Å². The van der Waals surface area contributed by atoms with E-state index in [1.165, 1.54) is 12.1 Å². The average Bonchev–Trinajstić information content (AvgIpc) is 2.57. The maximum Gasteiger partial charge on any atom is 0.231 e. The summed E-state index contributed by atoms with van der Waals surface area (Å²) < 4.78 is 12.8. The molecule has 1 aromatic carbocycles. The summed E-state index contributed by atoms with van der Waals surface area (Å²) in [4.78, 5) is 15.3. The van der Waals surface area contributed by atoms with Crippen LogP contribution >= 0.6 is 0 Å². The van der Waals surface area contributed by atoms with Gasteiger partial charge in [-0.15, -0.1) is 0 Å². The number of carbonyl (C=O) groups is 1. The Hall–Kier alpha value is -1.46. The zero-order valence-electron chi connectivity index (χ0n) is 11.0. The molecule has 1 aliphatic rings. The highest BCUT2D eigenvalue weighted by Gasteiger charge is 2.16. The van der Waals surface area contributed by atoms with Gasteiger partial charge in [0.2, 0.25) is 5.91 Å². The Morgan fingerprint density at radius 1 is 1.11 bits per heavy atom. The Labute approximate surface area is 113 Å². The fourth-order valence-electron chi connectivity index (χ4n) is 2.41. The van der Waals surface area contributed by atoms with Crippen LogP contribution in [0.4, 0.5) is 4.39 Å². The van der Waals surface area contributed by atoms with Gasteiger partial charge in [0.15, 0.2) is 0 Å². The summed E-state index contributed by atoms with van der Waals surface area (Å²) >= 11 is 0. The first-order valence-corrected chi connectivity index (χ1v) is 6.61. The van der Waals surface area contributed by atoms with E-state index < -0.39 is 0 Å². The summed E-state index contributed by atoms with van der Waals surface area (Å²) in [5, 5.41) is 0. The molecular weight excluding hydrogens is 245 g/mol. The maximum atomic E-state index is 12.8. The highest BCUT2D eigenvalue weighted by atomic mass is 19.1. The van der Waals surface area contributed by atoms with Gasteiger partial charge in [-0.05, 0) is 37.2 Å². The van der Waals surface area contributed by atoms with Gasteiger partial charge < -0.3 is 5.73 Å². The van der Waals surface area contributed by atoms with E-state index in [-0.39, 0.29) is 11.7 Å². The molecule has 0 aliphatic carbocycles. The lowest BCUT2D eigenvalue weighted by Crippen LogP contribution is -2.36. The number of halogens is 1. The quantitative estimate of drug-likeness (QED) is 0.877. The molecule has 1 heterocycles. The van der Waals surface area contributed by atoms with E-state index in [1.54, 1.807) is 0 Å². The van der Waals surface area contributed by atoms with Crippen LogP contribution in [0, 0.1) is 5.82 Å². The van der Waals surface area contributed by atoms with E-state index in [2.05, 4.69) is 9.80 Å². The van der Waals surface area contributed by atoms with Crippen molar-refractivity contribution >= 4 is 5.91 Å². The predicted octanol–water partition coefficient (Wildman–Crippen LogP) is 0.819. The minimum Gasteiger partial charge on any atom is -0.369 e. The van der Waals surface area contributed by atoms with Gasteiger partial charge in [-0.25, -0.2) is 4.39 Å². The molecule has 1 amide bonds. The van der Waals surface area contributed by atoms with Crippen LogP contribution in [-0.2, 0) is 11.3 Å². The van der Waals surface area contributed by atoms with Crippen LogP contribution in [0.15, 0.2) is 24.3 Å². The van der Waals surface area contributed by atoms with Gasteiger partial charge in [0.05, 0.1) is 6.54 Å². The van der Waals surface area contributed by atoms with Crippen LogP contribution in [0.5, 0.6) is 0 Å². The normalized spacial score (nSPS) is 18.2. The van der Waals surface area contributed by atoms with Crippen LogP contribution in [-0.4, -0.2) is 48.4 Å². The number of amides is 1. The average molecular weight is 265 g/mol. The Morgan fingerprint density at radius 3 is 2.42 bits per heavy atom. The molecule has 0 unspecified atom stereocenters. The molecule has 0 radical (unpaired) electrons. The molecule has 1 aromatic rings. The number of hydrogen-bond donors (Lipinski definition) is 1. The number of nitrogens with zero attached hydrogens (tertiary/aromatic N) is 2. The highest BCUT2D eigenvalue weighted by molar-refractivity contribution is 5.75. The minimum absolute atomic E-state index is 0.202.